The van der Waals surface area contributed by atoms with E-state index in [0.29, 0.717) is 13.1 Å². The third-order valence-corrected chi connectivity index (χ3v) is 5.05. The summed E-state index contributed by atoms with van der Waals surface area (Å²) in [6.45, 7) is 6.26. The highest BCUT2D eigenvalue weighted by Gasteiger charge is 2.35. The van der Waals surface area contributed by atoms with E-state index in [1.54, 1.807) is 4.90 Å². The Labute approximate surface area is 170 Å². The Balaban J connectivity index is 1.51. The number of nitrogens with zero attached hydrogens (tertiary/aromatic N) is 1. The van der Waals surface area contributed by atoms with Crippen molar-refractivity contribution in [2.75, 3.05) is 18.5 Å². The fraction of sp³-hybridized carbons (Fsp3) is 0.348. The van der Waals surface area contributed by atoms with Gasteiger partial charge in [-0.15, -0.1) is 0 Å². The predicted molar refractivity (Wildman–Crippen MR) is 110 cm³/mol. The number of likely N-dealkylation sites (tertiary alicyclic amines) is 1. The van der Waals surface area contributed by atoms with Crippen LogP contribution in [-0.2, 0) is 25.7 Å². The normalized spacial score (nSPS) is 16.0. The summed E-state index contributed by atoms with van der Waals surface area (Å²) in [5.41, 5.74) is 4.79. The van der Waals surface area contributed by atoms with E-state index in [1.807, 2.05) is 63.2 Å². The van der Waals surface area contributed by atoms with Gasteiger partial charge in [0.1, 0.15) is 0 Å². The van der Waals surface area contributed by atoms with Crippen molar-refractivity contribution in [1.82, 2.24) is 4.90 Å². The van der Waals surface area contributed by atoms with Crippen molar-refractivity contribution in [3.63, 3.8) is 0 Å². The molecule has 1 heterocycles. The number of rotatable bonds is 6. The Kier molecular flexibility index (Phi) is 6.32. The molecule has 3 rings (SSSR count). The van der Waals surface area contributed by atoms with Crippen molar-refractivity contribution in [3.8, 4) is 0 Å². The summed E-state index contributed by atoms with van der Waals surface area (Å²) >= 11 is 0. The minimum Gasteiger partial charge on any atom is -0.455 e. The number of carbonyl (C=O) groups excluding carboxylic acids is 3. The second kappa shape index (κ2) is 8.90. The molecule has 0 aromatic heterocycles. The number of nitrogens with one attached hydrogen (secondary N) is 1. The third-order valence-electron chi connectivity index (χ3n) is 5.05. The number of ether oxygens (including phenoxy) is 1. The Hall–Kier alpha value is -3.15. The summed E-state index contributed by atoms with van der Waals surface area (Å²) < 4.78 is 5.18. The maximum Gasteiger partial charge on any atom is 0.311 e. The van der Waals surface area contributed by atoms with E-state index in [1.165, 1.54) is 0 Å². The molecule has 0 bridgehead atoms. The maximum absolute atomic E-state index is 12.3. The van der Waals surface area contributed by atoms with Crippen LogP contribution in [-0.4, -0.2) is 35.8 Å². The van der Waals surface area contributed by atoms with Crippen LogP contribution in [0.25, 0.3) is 0 Å². The first-order chi connectivity index (χ1) is 13.8. The molecule has 6 heteroatoms. The lowest BCUT2D eigenvalue weighted by atomic mass is 10.1. The van der Waals surface area contributed by atoms with Crippen molar-refractivity contribution >= 4 is 23.5 Å². The topological polar surface area (TPSA) is 75.7 Å². The molecule has 1 aliphatic heterocycles. The number of esters is 1. The van der Waals surface area contributed by atoms with Gasteiger partial charge in [-0.3, -0.25) is 14.4 Å². The number of hydrogen-bond donors (Lipinski definition) is 1. The Morgan fingerprint density at radius 3 is 2.41 bits per heavy atom. The van der Waals surface area contributed by atoms with Crippen molar-refractivity contribution < 1.29 is 19.1 Å². The predicted octanol–water partition coefficient (Wildman–Crippen LogP) is 3.14. The van der Waals surface area contributed by atoms with Gasteiger partial charge >= 0.3 is 5.97 Å². The van der Waals surface area contributed by atoms with Crippen molar-refractivity contribution in [3.05, 3.63) is 64.7 Å². The number of benzene rings is 2. The highest BCUT2D eigenvalue weighted by molar-refractivity contribution is 5.95. The lowest BCUT2D eigenvalue weighted by Gasteiger charge is -2.16. The molecule has 1 saturated heterocycles. The fourth-order valence-electron chi connectivity index (χ4n) is 3.69. The molecule has 0 aliphatic carbocycles. The molecule has 1 fully saturated rings. The summed E-state index contributed by atoms with van der Waals surface area (Å²) in [7, 11) is 0. The minimum absolute atomic E-state index is 0.0776. The molecule has 0 unspecified atom stereocenters. The van der Waals surface area contributed by atoms with Crippen LogP contribution in [0.3, 0.4) is 0 Å². The lowest BCUT2D eigenvalue weighted by molar-refractivity contribution is -0.151. The molecule has 1 atom stereocenters. The second-order valence-electron chi connectivity index (χ2n) is 7.59. The average molecular weight is 394 g/mol. The zero-order valence-electron chi connectivity index (χ0n) is 17.0. The Bertz CT molecular complexity index is 901. The molecule has 0 radical (unpaired) electrons. The molecule has 0 spiro atoms. The number of amides is 2. The first-order valence-corrected chi connectivity index (χ1v) is 9.69. The molecular formula is C23H26N2O4. The highest BCUT2D eigenvalue weighted by Crippen LogP contribution is 2.23. The van der Waals surface area contributed by atoms with Gasteiger partial charge in [0, 0.05) is 25.2 Å². The molecule has 2 aromatic rings. The van der Waals surface area contributed by atoms with Gasteiger partial charge in [-0.2, -0.15) is 0 Å². The van der Waals surface area contributed by atoms with Crippen LogP contribution >= 0.6 is 0 Å². The van der Waals surface area contributed by atoms with Crippen LogP contribution in [0.5, 0.6) is 0 Å². The van der Waals surface area contributed by atoms with Crippen LogP contribution < -0.4 is 5.32 Å². The summed E-state index contributed by atoms with van der Waals surface area (Å²) in [6, 6.07) is 13.6. The number of hydrogen-bond acceptors (Lipinski definition) is 4. The van der Waals surface area contributed by atoms with E-state index in [9.17, 15) is 14.4 Å². The largest absolute Gasteiger partial charge is 0.455 e. The fourth-order valence-corrected chi connectivity index (χ4v) is 3.69. The van der Waals surface area contributed by atoms with E-state index in [2.05, 4.69) is 5.32 Å². The lowest BCUT2D eigenvalue weighted by Crippen LogP contribution is -2.28. The molecule has 0 saturated carbocycles. The van der Waals surface area contributed by atoms with Gasteiger partial charge in [0.2, 0.25) is 5.91 Å². The van der Waals surface area contributed by atoms with E-state index >= 15 is 0 Å². The summed E-state index contributed by atoms with van der Waals surface area (Å²) in [6.07, 6.45) is 0.115. The van der Waals surface area contributed by atoms with E-state index < -0.39 is 11.9 Å². The number of carbonyl (C=O) groups is 3. The molecule has 2 amide bonds. The average Bonchev–Trinajstić information content (AvgIpc) is 3.04. The van der Waals surface area contributed by atoms with Gasteiger partial charge in [0.05, 0.1) is 5.92 Å². The van der Waals surface area contributed by atoms with Gasteiger partial charge < -0.3 is 15.0 Å². The molecule has 1 N–H and O–H groups in total. The van der Waals surface area contributed by atoms with E-state index in [0.717, 1.165) is 27.9 Å². The zero-order chi connectivity index (χ0) is 21.0. The van der Waals surface area contributed by atoms with Gasteiger partial charge in [-0.25, -0.2) is 0 Å². The molecule has 152 valence electrons. The quantitative estimate of drug-likeness (QED) is 0.764. The number of anilines is 1. The monoisotopic (exact) mass is 394 g/mol. The highest BCUT2D eigenvalue weighted by atomic mass is 16.5. The molecule has 29 heavy (non-hydrogen) atoms. The molecular weight excluding hydrogens is 368 g/mol. The summed E-state index contributed by atoms with van der Waals surface area (Å²) in [5, 5.41) is 2.81. The van der Waals surface area contributed by atoms with Crippen molar-refractivity contribution in [2.45, 2.75) is 33.7 Å². The Morgan fingerprint density at radius 2 is 1.76 bits per heavy atom. The smallest absolute Gasteiger partial charge is 0.311 e. The van der Waals surface area contributed by atoms with Gasteiger partial charge in [0.25, 0.3) is 5.91 Å². The zero-order valence-corrected chi connectivity index (χ0v) is 17.0. The third kappa shape index (κ3) is 5.22. The Morgan fingerprint density at radius 1 is 1.10 bits per heavy atom. The summed E-state index contributed by atoms with van der Waals surface area (Å²) in [5.74, 6) is -1.52. The van der Waals surface area contributed by atoms with E-state index in [4.69, 9.17) is 4.74 Å². The second-order valence-corrected chi connectivity index (χ2v) is 7.59. The van der Waals surface area contributed by atoms with Crippen LogP contribution in [0.4, 0.5) is 5.69 Å². The number of aryl methyl sites for hydroxylation is 3. The molecule has 1 aliphatic rings. The van der Waals surface area contributed by atoms with Crippen molar-refractivity contribution in [1.29, 1.82) is 0 Å². The van der Waals surface area contributed by atoms with Gasteiger partial charge in [-0.05, 0) is 37.5 Å². The van der Waals surface area contributed by atoms with E-state index in [-0.39, 0.29) is 24.8 Å². The van der Waals surface area contributed by atoms with Crippen LogP contribution in [0, 0.1) is 26.7 Å². The summed E-state index contributed by atoms with van der Waals surface area (Å²) in [4.78, 5) is 38.4. The van der Waals surface area contributed by atoms with Gasteiger partial charge in [-0.1, -0.05) is 48.0 Å². The standard InChI is InChI=1S/C23H26N2O4/c1-15-9-16(2)22(17(3)10-15)24-20(26)14-29-23(28)19-11-21(27)25(13-19)12-18-7-5-4-6-8-18/h4-10,19H,11-14H2,1-3H3,(H,24,26)/t19-/m0/s1. The first-order valence-electron chi connectivity index (χ1n) is 9.69. The van der Waals surface area contributed by atoms with Gasteiger partial charge in [0.15, 0.2) is 6.61 Å². The SMILES string of the molecule is Cc1cc(C)c(NC(=O)COC(=O)[C@H]2CC(=O)N(Cc3ccccc3)C2)c(C)c1. The minimum atomic E-state index is -0.540. The van der Waals surface area contributed by atoms with Crippen LogP contribution in [0.15, 0.2) is 42.5 Å². The molecule has 2 aromatic carbocycles. The van der Waals surface area contributed by atoms with Crippen LogP contribution in [0.1, 0.15) is 28.7 Å². The first kappa shape index (κ1) is 20.6. The maximum atomic E-state index is 12.3. The van der Waals surface area contributed by atoms with Crippen LogP contribution in [0.2, 0.25) is 0 Å². The van der Waals surface area contributed by atoms with Crippen molar-refractivity contribution in [2.24, 2.45) is 5.92 Å². The molecule has 6 nitrogen and oxygen atoms in total.